The van der Waals surface area contributed by atoms with Crippen LogP contribution < -0.4 is 4.90 Å². The molecule has 1 aliphatic rings. The minimum atomic E-state index is -3.70. The fourth-order valence-electron chi connectivity index (χ4n) is 3.09. The van der Waals surface area contributed by atoms with Crippen LogP contribution in [0.15, 0.2) is 27.6 Å². The first kappa shape index (κ1) is 19.2. The van der Waals surface area contributed by atoms with Crippen molar-refractivity contribution in [1.29, 1.82) is 0 Å². The molecule has 1 saturated heterocycles. The Morgan fingerprint density at radius 1 is 1.26 bits per heavy atom. The molecular formula is C16H21N5O5S. The number of hydrogen-bond donors (Lipinski definition) is 0. The normalized spacial score (nSPS) is 15.9. The Hall–Kier alpha value is -2.53. The average Bonchev–Trinajstić information content (AvgIpc) is 3.08. The molecule has 146 valence electrons. The molecule has 27 heavy (non-hydrogen) atoms. The summed E-state index contributed by atoms with van der Waals surface area (Å²) in [5.41, 5.74) is -0.0328. The molecule has 0 spiro atoms. The smallest absolute Gasteiger partial charge is 0.311 e. The lowest BCUT2D eigenvalue weighted by Crippen LogP contribution is -2.46. The number of nitrogens with zero attached hydrogens (tertiary/aromatic N) is 5. The summed E-state index contributed by atoms with van der Waals surface area (Å²) in [4.78, 5) is 18.9. The fraction of sp³-hybridized carbons (Fsp3) is 0.500. The highest BCUT2D eigenvalue weighted by Gasteiger charge is 2.30. The molecule has 2 aromatic rings. The van der Waals surface area contributed by atoms with E-state index in [1.54, 1.807) is 6.07 Å². The van der Waals surface area contributed by atoms with Gasteiger partial charge in [0.05, 0.1) is 11.5 Å². The highest BCUT2D eigenvalue weighted by atomic mass is 32.2. The van der Waals surface area contributed by atoms with E-state index in [1.165, 1.54) is 12.1 Å². The molecule has 0 radical (unpaired) electrons. The summed E-state index contributed by atoms with van der Waals surface area (Å²) < 4.78 is 28.9. The number of anilines is 1. The molecule has 2 heterocycles. The molecule has 0 N–H and O–H groups in total. The van der Waals surface area contributed by atoms with E-state index in [-0.39, 0.29) is 10.6 Å². The number of nitro groups is 1. The first-order valence-electron chi connectivity index (χ1n) is 8.55. The topological polar surface area (TPSA) is 123 Å². The van der Waals surface area contributed by atoms with Crippen molar-refractivity contribution < 1.29 is 17.9 Å². The zero-order valence-corrected chi connectivity index (χ0v) is 16.0. The molecule has 0 unspecified atom stereocenters. The molecule has 1 fully saturated rings. The maximum absolute atomic E-state index is 11.9. The van der Waals surface area contributed by atoms with E-state index in [0.29, 0.717) is 56.5 Å². The lowest BCUT2D eigenvalue weighted by molar-refractivity contribution is -0.387. The molecular weight excluding hydrogens is 374 g/mol. The third kappa shape index (κ3) is 4.25. The van der Waals surface area contributed by atoms with Crippen LogP contribution in [-0.4, -0.2) is 60.8 Å². The van der Waals surface area contributed by atoms with E-state index in [9.17, 15) is 18.5 Å². The first-order valence-corrected chi connectivity index (χ1v) is 10.4. The van der Waals surface area contributed by atoms with Crippen LogP contribution in [0, 0.1) is 10.1 Å². The van der Waals surface area contributed by atoms with Crippen molar-refractivity contribution in [1.82, 2.24) is 15.0 Å². The van der Waals surface area contributed by atoms with Crippen LogP contribution in [0.5, 0.6) is 0 Å². The summed E-state index contributed by atoms with van der Waals surface area (Å²) in [6.45, 7) is 4.85. The minimum Gasteiger partial charge on any atom is -0.363 e. The number of aryl methyl sites for hydroxylation is 1. The standard InChI is InChI=1S/C16H21N5O5S/c1-3-15-17-14(18-26-15)11-19-7-9-20(10-8-19)12-5-4-6-13(27(2,24)25)16(12)21(22)23/h4-6H,3,7-11H2,1-2H3. The quantitative estimate of drug-likeness (QED) is 0.525. The Morgan fingerprint density at radius 2 is 1.96 bits per heavy atom. The van der Waals surface area contributed by atoms with Crippen LogP contribution in [0.4, 0.5) is 11.4 Å². The van der Waals surface area contributed by atoms with Crippen molar-refractivity contribution >= 4 is 21.2 Å². The van der Waals surface area contributed by atoms with E-state index in [0.717, 1.165) is 6.26 Å². The van der Waals surface area contributed by atoms with Crippen molar-refractivity contribution in [3.05, 3.63) is 40.0 Å². The van der Waals surface area contributed by atoms with Gasteiger partial charge in [0.1, 0.15) is 10.6 Å². The second-order valence-corrected chi connectivity index (χ2v) is 8.36. The zero-order valence-electron chi connectivity index (χ0n) is 15.2. The average molecular weight is 395 g/mol. The number of sulfone groups is 1. The highest BCUT2D eigenvalue weighted by Crippen LogP contribution is 2.35. The van der Waals surface area contributed by atoms with Crippen LogP contribution in [0.2, 0.25) is 0 Å². The Morgan fingerprint density at radius 3 is 2.52 bits per heavy atom. The van der Waals surface area contributed by atoms with Crippen molar-refractivity contribution in [3.63, 3.8) is 0 Å². The van der Waals surface area contributed by atoms with Gasteiger partial charge in [-0.15, -0.1) is 0 Å². The Balaban J connectivity index is 1.75. The van der Waals surface area contributed by atoms with Crippen molar-refractivity contribution in [2.24, 2.45) is 0 Å². The monoisotopic (exact) mass is 395 g/mol. The molecule has 0 aliphatic carbocycles. The van der Waals surface area contributed by atoms with Crippen LogP contribution >= 0.6 is 0 Å². The van der Waals surface area contributed by atoms with E-state index in [2.05, 4.69) is 15.0 Å². The second kappa shape index (κ2) is 7.61. The lowest BCUT2D eigenvalue weighted by Gasteiger charge is -2.35. The van der Waals surface area contributed by atoms with E-state index in [4.69, 9.17) is 4.52 Å². The summed E-state index contributed by atoms with van der Waals surface area (Å²) in [7, 11) is -3.70. The molecule has 0 saturated carbocycles. The number of nitro benzene ring substituents is 1. The summed E-state index contributed by atoms with van der Waals surface area (Å²) >= 11 is 0. The minimum absolute atomic E-state index is 0.258. The van der Waals surface area contributed by atoms with E-state index in [1.807, 2.05) is 11.8 Å². The van der Waals surface area contributed by atoms with Crippen LogP contribution in [0.25, 0.3) is 0 Å². The molecule has 3 rings (SSSR count). The number of para-hydroxylation sites is 1. The third-order valence-electron chi connectivity index (χ3n) is 4.45. The van der Waals surface area contributed by atoms with Crippen LogP contribution in [-0.2, 0) is 22.8 Å². The van der Waals surface area contributed by atoms with Gasteiger partial charge in [-0.25, -0.2) is 8.42 Å². The van der Waals surface area contributed by atoms with Gasteiger partial charge in [-0.2, -0.15) is 4.98 Å². The second-order valence-electron chi connectivity index (χ2n) is 6.37. The largest absolute Gasteiger partial charge is 0.363 e. The molecule has 0 atom stereocenters. The van der Waals surface area contributed by atoms with Crippen LogP contribution in [0.3, 0.4) is 0 Å². The molecule has 10 nitrogen and oxygen atoms in total. The summed E-state index contributed by atoms with van der Waals surface area (Å²) in [6, 6.07) is 4.40. The molecule has 1 aromatic heterocycles. The molecule has 0 bridgehead atoms. The Bertz CT molecular complexity index is 934. The van der Waals surface area contributed by atoms with E-state index >= 15 is 0 Å². The van der Waals surface area contributed by atoms with Gasteiger partial charge in [-0.3, -0.25) is 15.0 Å². The third-order valence-corrected chi connectivity index (χ3v) is 5.58. The van der Waals surface area contributed by atoms with Gasteiger partial charge in [0.15, 0.2) is 15.7 Å². The molecule has 0 amide bonds. The molecule has 1 aliphatic heterocycles. The van der Waals surface area contributed by atoms with E-state index < -0.39 is 14.8 Å². The Kier molecular flexibility index (Phi) is 5.42. The van der Waals surface area contributed by atoms with Gasteiger partial charge in [0.25, 0.3) is 0 Å². The SMILES string of the molecule is CCc1nc(CN2CCN(c3cccc(S(C)(=O)=O)c3[N+](=O)[O-])CC2)no1. The van der Waals surface area contributed by atoms with Crippen molar-refractivity contribution in [2.75, 3.05) is 37.3 Å². The van der Waals surface area contributed by atoms with Gasteiger partial charge < -0.3 is 9.42 Å². The van der Waals surface area contributed by atoms with Gasteiger partial charge >= 0.3 is 5.69 Å². The number of rotatable bonds is 6. The zero-order chi connectivity index (χ0) is 19.6. The van der Waals surface area contributed by atoms with Crippen LogP contribution in [0.1, 0.15) is 18.6 Å². The van der Waals surface area contributed by atoms with Crippen molar-refractivity contribution in [3.8, 4) is 0 Å². The predicted octanol–water partition coefficient (Wildman–Crippen LogP) is 1.27. The van der Waals surface area contributed by atoms with Gasteiger partial charge in [-0.1, -0.05) is 18.1 Å². The highest BCUT2D eigenvalue weighted by molar-refractivity contribution is 7.90. The maximum Gasteiger partial charge on any atom is 0.311 e. The Labute approximate surface area is 156 Å². The summed E-state index contributed by atoms with van der Waals surface area (Å²) in [5, 5.41) is 15.5. The number of piperazine rings is 1. The summed E-state index contributed by atoms with van der Waals surface area (Å²) in [6.07, 6.45) is 1.66. The van der Waals surface area contributed by atoms with Crippen molar-refractivity contribution in [2.45, 2.75) is 24.8 Å². The maximum atomic E-state index is 11.9. The predicted molar refractivity (Wildman–Crippen MR) is 97.4 cm³/mol. The molecule has 1 aromatic carbocycles. The number of hydrogen-bond acceptors (Lipinski definition) is 9. The fourth-order valence-corrected chi connectivity index (χ4v) is 3.95. The van der Waals surface area contributed by atoms with Gasteiger partial charge in [-0.05, 0) is 12.1 Å². The van der Waals surface area contributed by atoms with Gasteiger partial charge in [0.2, 0.25) is 5.89 Å². The summed E-state index contributed by atoms with van der Waals surface area (Å²) in [5.74, 6) is 1.21. The van der Waals surface area contributed by atoms with Gasteiger partial charge in [0, 0.05) is 38.9 Å². The first-order chi connectivity index (χ1) is 12.8. The number of aromatic nitrogens is 2. The number of benzene rings is 1. The lowest BCUT2D eigenvalue weighted by atomic mass is 10.2. The molecule has 11 heteroatoms.